The van der Waals surface area contributed by atoms with Gasteiger partial charge in [0.1, 0.15) is 18.9 Å². The first-order chi connectivity index (χ1) is 16.3. The number of sulfonamides is 1. The number of amides is 1. The summed E-state index contributed by atoms with van der Waals surface area (Å²) in [7, 11) is -3.98. The maximum Gasteiger partial charge on any atom is 0.264 e. The second kappa shape index (κ2) is 11.3. The van der Waals surface area contributed by atoms with E-state index in [-0.39, 0.29) is 4.90 Å². The summed E-state index contributed by atoms with van der Waals surface area (Å²) >= 11 is 0. The van der Waals surface area contributed by atoms with Crippen molar-refractivity contribution in [2.24, 2.45) is 5.10 Å². The number of carbonyl (C=O) groups excluding carboxylic acids is 1. The molecular formula is C26H27N3O4S. The molecule has 0 bridgehead atoms. The number of rotatable bonds is 10. The topological polar surface area (TPSA) is 88.1 Å². The number of hydrogen-bond donors (Lipinski definition) is 1. The average Bonchev–Trinajstić information content (AvgIpc) is 2.81. The number of nitrogens with one attached hydrogen (secondary N) is 1. The van der Waals surface area contributed by atoms with Crippen molar-refractivity contribution in [3.05, 3.63) is 102 Å². The molecule has 0 unspecified atom stereocenters. The van der Waals surface area contributed by atoms with Gasteiger partial charge in [-0.1, -0.05) is 49.1 Å². The molecule has 0 spiro atoms. The number of hydrazone groups is 1. The number of benzene rings is 3. The van der Waals surface area contributed by atoms with Gasteiger partial charge in [0.25, 0.3) is 15.9 Å². The standard InChI is InChI=1S/C26H27N3O4S/c1-4-13-33-24-10-8-9-22(17-24)18-27-28-26(30)19-29(23-15-20(2)14-21(3)16-23)34(31,32)25-11-6-5-7-12-25/h4-12,14-18H,1,13,19H2,2-3H3,(H,28,30)/b27-18-. The van der Waals surface area contributed by atoms with Crippen molar-refractivity contribution in [3.8, 4) is 5.75 Å². The lowest BCUT2D eigenvalue weighted by molar-refractivity contribution is -0.119. The van der Waals surface area contributed by atoms with Gasteiger partial charge in [-0.05, 0) is 66.9 Å². The summed E-state index contributed by atoms with van der Waals surface area (Å²) in [5.41, 5.74) is 5.32. The van der Waals surface area contributed by atoms with Crippen LogP contribution in [0.25, 0.3) is 0 Å². The van der Waals surface area contributed by atoms with E-state index in [9.17, 15) is 13.2 Å². The molecule has 176 valence electrons. The van der Waals surface area contributed by atoms with Crippen molar-refractivity contribution in [3.63, 3.8) is 0 Å². The minimum Gasteiger partial charge on any atom is -0.490 e. The Balaban J connectivity index is 1.80. The van der Waals surface area contributed by atoms with E-state index in [2.05, 4.69) is 17.1 Å². The zero-order valence-corrected chi connectivity index (χ0v) is 20.0. The maximum atomic E-state index is 13.4. The van der Waals surface area contributed by atoms with Crippen molar-refractivity contribution in [2.45, 2.75) is 18.7 Å². The van der Waals surface area contributed by atoms with Gasteiger partial charge >= 0.3 is 0 Å². The third-order valence-electron chi connectivity index (χ3n) is 4.74. The third-order valence-corrected chi connectivity index (χ3v) is 6.53. The van der Waals surface area contributed by atoms with E-state index in [0.717, 1.165) is 15.4 Å². The van der Waals surface area contributed by atoms with Gasteiger partial charge in [0.2, 0.25) is 0 Å². The Labute approximate surface area is 200 Å². The van der Waals surface area contributed by atoms with Gasteiger partial charge in [-0.3, -0.25) is 9.10 Å². The van der Waals surface area contributed by atoms with Crippen LogP contribution >= 0.6 is 0 Å². The molecular weight excluding hydrogens is 450 g/mol. The highest BCUT2D eigenvalue weighted by Crippen LogP contribution is 2.25. The zero-order chi connectivity index (χ0) is 24.6. The molecule has 0 saturated heterocycles. The monoisotopic (exact) mass is 477 g/mol. The smallest absolute Gasteiger partial charge is 0.264 e. The average molecular weight is 478 g/mol. The normalized spacial score (nSPS) is 11.2. The molecule has 0 aromatic heterocycles. The summed E-state index contributed by atoms with van der Waals surface area (Å²) in [6.07, 6.45) is 3.11. The number of carbonyl (C=O) groups is 1. The SMILES string of the molecule is C=CCOc1cccc(/C=N\NC(=O)CN(c2cc(C)cc(C)c2)S(=O)(=O)c2ccccc2)c1. The Kier molecular flexibility index (Phi) is 8.21. The van der Waals surface area contributed by atoms with Gasteiger partial charge in [0.15, 0.2) is 0 Å². The molecule has 0 heterocycles. The van der Waals surface area contributed by atoms with E-state index >= 15 is 0 Å². The Bertz CT molecular complexity index is 1270. The molecule has 8 heteroatoms. The number of nitrogens with zero attached hydrogens (tertiary/aromatic N) is 2. The molecule has 3 rings (SSSR count). The molecule has 0 aliphatic heterocycles. The largest absolute Gasteiger partial charge is 0.490 e. The van der Waals surface area contributed by atoms with Crippen molar-refractivity contribution in [1.29, 1.82) is 0 Å². The first-order valence-corrected chi connectivity index (χ1v) is 12.1. The fourth-order valence-electron chi connectivity index (χ4n) is 3.31. The summed E-state index contributed by atoms with van der Waals surface area (Å²) in [6, 6.07) is 20.6. The molecule has 0 aliphatic rings. The highest BCUT2D eigenvalue weighted by atomic mass is 32.2. The van der Waals surface area contributed by atoms with Crippen LogP contribution in [0.3, 0.4) is 0 Å². The number of aryl methyl sites for hydroxylation is 2. The van der Waals surface area contributed by atoms with Crippen LogP contribution in [-0.4, -0.2) is 33.7 Å². The molecule has 0 saturated carbocycles. The van der Waals surface area contributed by atoms with E-state index in [4.69, 9.17) is 4.74 Å². The molecule has 3 aromatic carbocycles. The van der Waals surface area contributed by atoms with Gasteiger partial charge in [-0.15, -0.1) is 0 Å². The lowest BCUT2D eigenvalue weighted by atomic mass is 10.1. The fraction of sp³-hybridized carbons (Fsp3) is 0.154. The van der Waals surface area contributed by atoms with Gasteiger partial charge in [0.05, 0.1) is 16.8 Å². The number of hydrogen-bond acceptors (Lipinski definition) is 5. The van der Waals surface area contributed by atoms with Crippen molar-refractivity contribution < 1.29 is 17.9 Å². The van der Waals surface area contributed by atoms with Gasteiger partial charge in [-0.2, -0.15) is 5.10 Å². The predicted octanol–water partition coefficient (Wildman–Crippen LogP) is 4.21. The van der Waals surface area contributed by atoms with Crippen LogP contribution in [0.5, 0.6) is 5.75 Å². The molecule has 0 atom stereocenters. The minimum atomic E-state index is -3.98. The molecule has 34 heavy (non-hydrogen) atoms. The van der Waals surface area contributed by atoms with E-state index in [0.29, 0.717) is 23.6 Å². The Morgan fingerprint density at radius 2 is 1.74 bits per heavy atom. The maximum absolute atomic E-state index is 13.4. The second-order valence-electron chi connectivity index (χ2n) is 7.64. The first-order valence-electron chi connectivity index (χ1n) is 10.6. The van der Waals surface area contributed by atoms with Crippen LogP contribution in [0.1, 0.15) is 16.7 Å². The number of ether oxygens (including phenoxy) is 1. The van der Waals surface area contributed by atoms with Crippen LogP contribution in [0.2, 0.25) is 0 Å². The summed E-state index contributed by atoms with van der Waals surface area (Å²) in [4.78, 5) is 12.8. The zero-order valence-electron chi connectivity index (χ0n) is 19.1. The van der Waals surface area contributed by atoms with Crippen LogP contribution in [0.15, 0.2) is 95.4 Å². The van der Waals surface area contributed by atoms with Crippen molar-refractivity contribution in [2.75, 3.05) is 17.5 Å². The van der Waals surface area contributed by atoms with Crippen molar-refractivity contribution >= 4 is 27.8 Å². The van der Waals surface area contributed by atoms with Crippen LogP contribution in [0, 0.1) is 13.8 Å². The van der Waals surface area contributed by atoms with Gasteiger partial charge < -0.3 is 4.74 Å². The van der Waals surface area contributed by atoms with Crippen LogP contribution < -0.4 is 14.5 Å². The van der Waals surface area contributed by atoms with Crippen LogP contribution in [-0.2, 0) is 14.8 Å². The molecule has 3 aromatic rings. The highest BCUT2D eigenvalue weighted by Gasteiger charge is 2.27. The Morgan fingerprint density at radius 3 is 2.41 bits per heavy atom. The highest BCUT2D eigenvalue weighted by molar-refractivity contribution is 7.92. The summed E-state index contributed by atoms with van der Waals surface area (Å²) in [5.74, 6) is 0.0686. The van der Waals surface area contributed by atoms with E-state index in [1.807, 2.05) is 19.9 Å². The Hall–Kier alpha value is -3.91. The van der Waals surface area contributed by atoms with E-state index in [1.54, 1.807) is 60.7 Å². The van der Waals surface area contributed by atoms with E-state index in [1.165, 1.54) is 18.3 Å². The molecule has 1 N–H and O–H groups in total. The quantitative estimate of drug-likeness (QED) is 0.269. The fourth-order valence-corrected chi connectivity index (χ4v) is 4.74. The molecule has 0 fully saturated rings. The molecule has 7 nitrogen and oxygen atoms in total. The molecule has 0 aliphatic carbocycles. The predicted molar refractivity (Wildman–Crippen MR) is 135 cm³/mol. The van der Waals surface area contributed by atoms with E-state index < -0.39 is 22.5 Å². The lowest BCUT2D eigenvalue weighted by Crippen LogP contribution is -2.39. The summed E-state index contributed by atoms with van der Waals surface area (Å²) in [6.45, 7) is 7.31. The van der Waals surface area contributed by atoms with Gasteiger partial charge in [0, 0.05) is 0 Å². The lowest BCUT2D eigenvalue weighted by Gasteiger charge is -2.24. The second-order valence-corrected chi connectivity index (χ2v) is 9.50. The van der Waals surface area contributed by atoms with Crippen LogP contribution in [0.4, 0.5) is 5.69 Å². The molecule has 0 radical (unpaired) electrons. The minimum absolute atomic E-state index is 0.0989. The van der Waals surface area contributed by atoms with Gasteiger partial charge in [-0.25, -0.2) is 13.8 Å². The Morgan fingerprint density at radius 1 is 1.03 bits per heavy atom. The summed E-state index contributed by atoms with van der Waals surface area (Å²) in [5, 5.41) is 3.98. The number of anilines is 1. The first kappa shape index (κ1) is 24.7. The van der Waals surface area contributed by atoms with Crippen molar-refractivity contribution in [1.82, 2.24) is 5.43 Å². The third kappa shape index (κ3) is 6.55. The summed E-state index contributed by atoms with van der Waals surface area (Å²) < 4.78 is 33.4. The molecule has 1 amide bonds.